The first-order valence-electron chi connectivity index (χ1n) is 5.86. The molecule has 19 heavy (non-hydrogen) atoms. The first-order valence-corrected chi connectivity index (χ1v) is 5.86. The fourth-order valence-corrected chi connectivity index (χ4v) is 1.77. The van der Waals surface area contributed by atoms with Crippen LogP contribution in [-0.4, -0.2) is 17.0 Å². The topological polar surface area (TPSA) is 67.1 Å². The summed E-state index contributed by atoms with van der Waals surface area (Å²) in [4.78, 5) is 10.4. The minimum Gasteiger partial charge on any atom is -0.355 e. The fraction of sp³-hybridized carbons (Fsp3) is 0.231. The lowest BCUT2D eigenvalue weighted by atomic mass is 10.2. The SMILES string of the molecule is Cc1nc(NN)cc(N(C)Cc2ccc(F)cc2)n1. The standard InChI is InChI=1S/C13H16FN5/c1-9-16-12(18-15)7-13(17-9)19(2)8-10-3-5-11(14)6-4-10/h3-7H,8,15H2,1-2H3,(H,16,17,18). The summed E-state index contributed by atoms with van der Waals surface area (Å²) in [7, 11) is 1.91. The molecular weight excluding hydrogens is 245 g/mol. The van der Waals surface area contributed by atoms with Gasteiger partial charge in [0.2, 0.25) is 0 Å². The second-order valence-corrected chi connectivity index (χ2v) is 4.29. The summed E-state index contributed by atoms with van der Waals surface area (Å²) in [5.74, 6) is 7.07. The summed E-state index contributed by atoms with van der Waals surface area (Å²) in [5.41, 5.74) is 3.51. The highest BCUT2D eigenvalue weighted by atomic mass is 19.1. The predicted molar refractivity (Wildman–Crippen MR) is 73.1 cm³/mol. The molecule has 0 spiro atoms. The Labute approximate surface area is 111 Å². The van der Waals surface area contributed by atoms with Crippen molar-refractivity contribution < 1.29 is 4.39 Å². The third-order valence-corrected chi connectivity index (χ3v) is 2.70. The van der Waals surface area contributed by atoms with Crippen molar-refractivity contribution in [3.63, 3.8) is 0 Å². The van der Waals surface area contributed by atoms with Gasteiger partial charge < -0.3 is 10.3 Å². The van der Waals surface area contributed by atoms with Crippen LogP contribution in [0, 0.1) is 12.7 Å². The van der Waals surface area contributed by atoms with E-state index >= 15 is 0 Å². The molecule has 0 aliphatic heterocycles. The van der Waals surface area contributed by atoms with Crippen molar-refractivity contribution in [1.29, 1.82) is 0 Å². The third-order valence-electron chi connectivity index (χ3n) is 2.70. The molecule has 6 heteroatoms. The molecule has 0 aliphatic rings. The molecule has 1 heterocycles. The Kier molecular flexibility index (Phi) is 3.91. The number of hydrogen-bond donors (Lipinski definition) is 2. The predicted octanol–water partition coefficient (Wildman–Crippen LogP) is 1.85. The number of nitrogens with zero attached hydrogens (tertiary/aromatic N) is 3. The molecule has 0 saturated heterocycles. The highest BCUT2D eigenvalue weighted by molar-refractivity contribution is 5.48. The van der Waals surface area contributed by atoms with E-state index in [1.165, 1.54) is 12.1 Å². The maximum absolute atomic E-state index is 12.8. The number of nitrogen functional groups attached to an aromatic ring is 1. The van der Waals surface area contributed by atoms with E-state index in [-0.39, 0.29) is 5.82 Å². The van der Waals surface area contributed by atoms with Crippen LogP contribution in [0.15, 0.2) is 30.3 Å². The van der Waals surface area contributed by atoms with Crippen LogP contribution in [0.3, 0.4) is 0 Å². The van der Waals surface area contributed by atoms with E-state index < -0.39 is 0 Å². The van der Waals surface area contributed by atoms with Gasteiger partial charge >= 0.3 is 0 Å². The first kappa shape index (κ1) is 13.2. The second kappa shape index (κ2) is 5.62. The van der Waals surface area contributed by atoms with Gasteiger partial charge in [0.1, 0.15) is 23.3 Å². The minimum atomic E-state index is -0.237. The molecule has 5 nitrogen and oxygen atoms in total. The molecule has 100 valence electrons. The minimum absolute atomic E-state index is 0.237. The highest BCUT2D eigenvalue weighted by Crippen LogP contribution is 2.16. The van der Waals surface area contributed by atoms with Crippen molar-refractivity contribution in [2.75, 3.05) is 17.4 Å². The quantitative estimate of drug-likeness (QED) is 0.649. The zero-order valence-electron chi connectivity index (χ0n) is 10.9. The number of benzene rings is 1. The van der Waals surface area contributed by atoms with E-state index in [1.54, 1.807) is 25.1 Å². The van der Waals surface area contributed by atoms with Crippen LogP contribution >= 0.6 is 0 Å². The summed E-state index contributed by atoms with van der Waals surface area (Å²) in [6.45, 7) is 2.43. The third kappa shape index (κ3) is 3.38. The number of nitrogens with one attached hydrogen (secondary N) is 1. The van der Waals surface area contributed by atoms with Crippen molar-refractivity contribution in [1.82, 2.24) is 9.97 Å². The molecule has 1 aromatic carbocycles. The average Bonchev–Trinajstić information content (AvgIpc) is 2.40. The number of rotatable bonds is 4. The Morgan fingerprint density at radius 3 is 2.58 bits per heavy atom. The second-order valence-electron chi connectivity index (χ2n) is 4.29. The molecule has 0 fully saturated rings. The van der Waals surface area contributed by atoms with E-state index in [0.717, 1.165) is 11.4 Å². The zero-order valence-corrected chi connectivity index (χ0v) is 10.9. The average molecular weight is 261 g/mol. The molecule has 2 rings (SSSR count). The van der Waals surface area contributed by atoms with Gasteiger partial charge in [0.05, 0.1) is 0 Å². The maximum atomic E-state index is 12.8. The van der Waals surface area contributed by atoms with Crippen LogP contribution in [0.25, 0.3) is 0 Å². The lowest BCUT2D eigenvalue weighted by molar-refractivity contribution is 0.627. The van der Waals surface area contributed by atoms with Gasteiger partial charge in [-0.05, 0) is 24.6 Å². The van der Waals surface area contributed by atoms with Crippen molar-refractivity contribution in [2.24, 2.45) is 5.84 Å². The molecule has 0 atom stereocenters. The van der Waals surface area contributed by atoms with Gasteiger partial charge in [-0.3, -0.25) is 0 Å². The van der Waals surface area contributed by atoms with E-state index in [4.69, 9.17) is 5.84 Å². The molecule has 1 aromatic heterocycles. The molecule has 0 radical (unpaired) electrons. The molecule has 0 aliphatic carbocycles. The summed E-state index contributed by atoms with van der Waals surface area (Å²) in [5, 5.41) is 0. The van der Waals surface area contributed by atoms with Gasteiger partial charge in [0.25, 0.3) is 0 Å². The number of hydrogen-bond acceptors (Lipinski definition) is 5. The van der Waals surface area contributed by atoms with E-state index in [9.17, 15) is 4.39 Å². The number of hydrazine groups is 1. The summed E-state index contributed by atoms with van der Waals surface area (Å²) in [6, 6.07) is 8.16. The van der Waals surface area contributed by atoms with Gasteiger partial charge in [0.15, 0.2) is 0 Å². The van der Waals surface area contributed by atoms with Gasteiger partial charge in [-0.1, -0.05) is 12.1 Å². The van der Waals surface area contributed by atoms with Crippen molar-refractivity contribution in [2.45, 2.75) is 13.5 Å². The van der Waals surface area contributed by atoms with Crippen LogP contribution in [0.4, 0.5) is 16.0 Å². The summed E-state index contributed by atoms with van der Waals surface area (Å²) >= 11 is 0. The Bertz CT molecular complexity index is 555. The van der Waals surface area contributed by atoms with Crippen molar-refractivity contribution in [3.05, 3.63) is 47.5 Å². The lowest BCUT2D eigenvalue weighted by Gasteiger charge is -2.19. The Balaban J connectivity index is 2.17. The van der Waals surface area contributed by atoms with Crippen LogP contribution < -0.4 is 16.2 Å². The molecule has 3 N–H and O–H groups in total. The van der Waals surface area contributed by atoms with Gasteiger partial charge in [-0.2, -0.15) is 0 Å². The number of nitrogens with two attached hydrogens (primary N) is 1. The number of anilines is 2. The molecule has 0 bridgehead atoms. The monoisotopic (exact) mass is 261 g/mol. The maximum Gasteiger partial charge on any atom is 0.145 e. The van der Waals surface area contributed by atoms with Crippen molar-refractivity contribution >= 4 is 11.6 Å². The van der Waals surface area contributed by atoms with Crippen LogP contribution in [0.5, 0.6) is 0 Å². The smallest absolute Gasteiger partial charge is 0.145 e. The molecule has 0 amide bonds. The van der Waals surface area contributed by atoms with Crippen LogP contribution in [0.1, 0.15) is 11.4 Å². The summed E-state index contributed by atoms with van der Waals surface area (Å²) in [6.07, 6.45) is 0. The lowest BCUT2D eigenvalue weighted by Crippen LogP contribution is -2.19. The molecule has 0 saturated carbocycles. The first-order chi connectivity index (χ1) is 9.08. The van der Waals surface area contributed by atoms with Crippen molar-refractivity contribution in [3.8, 4) is 0 Å². The number of aryl methyl sites for hydroxylation is 1. The number of aromatic nitrogens is 2. The van der Waals surface area contributed by atoms with E-state index in [0.29, 0.717) is 18.2 Å². The zero-order chi connectivity index (χ0) is 13.8. The Hall–Kier alpha value is -2.21. The Morgan fingerprint density at radius 2 is 1.95 bits per heavy atom. The van der Waals surface area contributed by atoms with Gasteiger partial charge in [0, 0.05) is 19.7 Å². The molecule has 2 aromatic rings. The molecular formula is C13H16FN5. The van der Waals surface area contributed by atoms with Gasteiger partial charge in [-0.15, -0.1) is 0 Å². The van der Waals surface area contributed by atoms with E-state index in [1.807, 2.05) is 11.9 Å². The van der Waals surface area contributed by atoms with Crippen LogP contribution in [0.2, 0.25) is 0 Å². The van der Waals surface area contributed by atoms with E-state index in [2.05, 4.69) is 15.4 Å². The fourth-order valence-electron chi connectivity index (χ4n) is 1.77. The largest absolute Gasteiger partial charge is 0.355 e. The number of halogens is 1. The summed E-state index contributed by atoms with van der Waals surface area (Å²) < 4.78 is 12.8. The van der Waals surface area contributed by atoms with Crippen LogP contribution in [-0.2, 0) is 6.54 Å². The molecule has 0 unspecified atom stereocenters. The Morgan fingerprint density at radius 1 is 1.26 bits per heavy atom. The highest BCUT2D eigenvalue weighted by Gasteiger charge is 2.07. The van der Waals surface area contributed by atoms with Gasteiger partial charge in [-0.25, -0.2) is 20.2 Å². The normalized spacial score (nSPS) is 10.3.